The predicted molar refractivity (Wildman–Crippen MR) is 100 cm³/mol. The SMILES string of the molecule is CN1CCC(c2[nH]ncc2-c2ccnc(NCc3cccc(F)c3)c2)C1. The first kappa shape index (κ1) is 16.7. The highest BCUT2D eigenvalue weighted by Crippen LogP contribution is 2.33. The molecular weight excluding hydrogens is 329 g/mol. The van der Waals surface area contributed by atoms with Gasteiger partial charge in [0.05, 0.1) is 6.20 Å². The van der Waals surface area contributed by atoms with E-state index in [2.05, 4.69) is 32.4 Å². The van der Waals surface area contributed by atoms with Crippen LogP contribution in [-0.2, 0) is 6.54 Å². The summed E-state index contributed by atoms with van der Waals surface area (Å²) in [5, 5.41) is 10.7. The van der Waals surface area contributed by atoms with Crippen molar-refractivity contribution >= 4 is 5.82 Å². The third kappa shape index (κ3) is 3.60. The fourth-order valence-electron chi connectivity index (χ4n) is 3.54. The summed E-state index contributed by atoms with van der Waals surface area (Å²) in [5.74, 6) is 1.02. The third-order valence-electron chi connectivity index (χ3n) is 4.90. The maximum Gasteiger partial charge on any atom is 0.126 e. The fourth-order valence-corrected chi connectivity index (χ4v) is 3.54. The summed E-state index contributed by atoms with van der Waals surface area (Å²) in [7, 11) is 2.15. The molecule has 0 amide bonds. The number of nitrogens with zero attached hydrogens (tertiary/aromatic N) is 3. The second kappa shape index (κ2) is 7.25. The van der Waals surface area contributed by atoms with Gasteiger partial charge in [0.25, 0.3) is 0 Å². The summed E-state index contributed by atoms with van der Waals surface area (Å²) in [6.07, 6.45) is 4.82. The molecule has 1 fully saturated rings. The first-order valence-corrected chi connectivity index (χ1v) is 8.85. The molecule has 4 rings (SSSR count). The van der Waals surface area contributed by atoms with Gasteiger partial charge in [-0.25, -0.2) is 9.37 Å². The summed E-state index contributed by atoms with van der Waals surface area (Å²) in [6, 6.07) is 10.6. The van der Waals surface area contributed by atoms with Crippen LogP contribution < -0.4 is 5.32 Å². The molecule has 0 aliphatic carbocycles. The molecule has 0 bridgehead atoms. The Kier molecular flexibility index (Phi) is 4.67. The molecule has 1 aliphatic heterocycles. The third-order valence-corrected chi connectivity index (χ3v) is 4.90. The van der Waals surface area contributed by atoms with Gasteiger partial charge in [0, 0.05) is 36.5 Å². The normalized spacial score (nSPS) is 17.5. The highest BCUT2D eigenvalue weighted by Gasteiger charge is 2.25. The van der Waals surface area contributed by atoms with Gasteiger partial charge in [-0.3, -0.25) is 5.10 Å². The molecular formula is C20H22FN5. The monoisotopic (exact) mass is 351 g/mol. The van der Waals surface area contributed by atoms with E-state index in [1.54, 1.807) is 12.3 Å². The van der Waals surface area contributed by atoms with Crippen molar-refractivity contribution < 1.29 is 4.39 Å². The van der Waals surface area contributed by atoms with E-state index in [0.29, 0.717) is 12.5 Å². The highest BCUT2D eigenvalue weighted by molar-refractivity contribution is 5.68. The number of rotatable bonds is 5. The quantitative estimate of drug-likeness (QED) is 0.737. The topological polar surface area (TPSA) is 56.8 Å². The van der Waals surface area contributed by atoms with Crippen LogP contribution in [0.1, 0.15) is 23.6 Å². The average molecular weight is 351 g/mol. The number of likely N-dealkylation sites (tertiary alicyclic amines) is 1. The first-order chi connectivity index (χ1) is 12.7. The van der Waals surface area contributed by atoms with E-state index in [1.165, 1.54) is 17.8 Å². The van der Waals surface area contributed by atoms with Crippen molar-refractivity contribution in [3.63, 3.8) is 0 Å². The van der Waals surface area contributed by atoms with Crippen LogP contribution in [0.15, 0.2) is 48.8 Å². The van der Waals surface area contributed by atoms with Gasteiger partial charge in [-0.15, -0.1) is 0 Å². The van der Waals surface area contributed by atoms with Crippen LogP contribution >= 0.6 is 0 Å². The lowest BCUT2D eigenvalue weighted by atomic mass is 9.97. The van der Waals surface area contributed by atoms with Crippen molar-refractivity contribution in [2.24, 2.45) is 0 Å². The molecule has 1 aromatic carbocycles. The van der Waals surface area contributed by atoms with Crippen molar-refractivity contribution in [3.8, 4) is 11.1 Å². The zero-order valence-corrected chi connectivity index (χ0v) is 14.7. The summed E-state index contributed by atoms with van der Waals surface area (Å²) in [6.45, 7) is 2.69. The van der Waals surface area contributed by atoms with Crippen LogP contribution in [0.2, 0.25) is 0 Å². The van der Waals surface area contributed by atoms with Crippen LogP contribution in [-0.4, -0.2) is 40.2 Å². The predicted octanol–water partition coefficient (Wildman–Crippen LogP) is 3.64. The van der Waals surface area contributed by atoms with Gasteiger partial charge >= 0.3 is 0 Å². The van der Waals surface area contributed by atoms with Crippen molar-refractivity contribution in [1.82, 2.24) is 20.1 Å². The summed E-state index contributed by atoms with van der Waals surface area (Å²) in [5.41, 5.74) is 4.29. The van der Waals surface area contributed by atoms with Gasteiger partial charge in [-0.2, -0.15) is 5.10 Å². The number of hydrogen-bond acceptors (Lipinski definition) is 4. The van der Waals surface area contributed by atoms with Gasteiger partial charge < -0.3 is 10.2 Å². The standard InChI is InChI=1S/C20H22FN5/c1-26-8-6-16(13-26)20-18(12-24-25-20)15-5-7-22-19(10-15)23-11-14-3-2-4-17(21)9-14/h2-5,7,9-10,12,16H,6,8,11,13H2,1H3,(H,22,23)(H,24,25). The molecule has 0 spiro atoms. The van der Waals surface area contributed by atoms with Crippen LogP contribution in [0.25, 0.3) is 11.1 Å². The first-order valence-electron chi connectivity index (χ1n) is 8.85. The number of aromatic nitrogens is 3. The molecule has 3 aromatic rings. The average Bonchev–Trinajstić information content (AvgIpc) is 3.29. The molecule has 26 heavy (non-hydrogen) atoms. The van der Waals surface area contributed by atoms with Crippen LogP contribution in [0.4, 0.5) is 10.2 Å². The molecule has 1 saturated heterocycles. The lowest BCUT2D eigenvalue weighted by molar-refractivity contribution is 0.411. The summed E-state index contributed by atoms with van der Waals surface area (Å²) in [4.78, 5) is 6.72. The molecule has 134 valence electrons. The smallest absolute Gasteiger partial charge is 0.126 e. The second-order valence-electron chi connectivity index (χ2n) is 6.86. The van der Waals surface area contributed by atoms with Crippen LogP contribution in [0, 0.1) is 5.82 Å². The zero-order chi connectivity index (χ0) is 17.9. The highest BCUT2D eigenvalue weighted by atomic mass is 19.1. The Morgan fingerprint density at radius 1 is 1.31 bits per heavy atom. The molecule has 1 aliphatic rings. The fraction of sp³-hybridized carbons (Fsp3) is 0.300. The second-order valence-corrected chi connectivity index (χ2v) is 6.86. The van der Waals surface area contributed by atoms with Gasteiger partial charge in [0.15, 0.2) is 0 Å². The van der Waals surface area contributed by atoms with Crippen molar-refractivity contribution in [2.75, 3.05) is 25.5 Å². The van der Waals surface area contributed by atoms with Crippen molar-refractivity contribution in [3.05, 3.63) is 65.9 Å². The van der Waals surface area contributed by atoms with E-state index in [0.717, 1.165) is 42.0 Å². The minimum Gasteiger partial charge on any atom is -0.366 e. The maximum absolute atomic E-state index is 13.3. The van der Waals surface area contributed by atoms with Gasteiger partial charge in [-0.1, -0.05) is 12.1 Å². The number of pyridine rings is 1. The summed E-state index contributed by atoms with van der Waals surface area (Å²) >= 11 is 0. The largest absolute Gasteiger partial charge is 0.366 e. The molecule has 0 radical (unpaired) electrons. The molecule has 0 saturated carbocycles. The number of hydrogen-bond donors (Lipinski definition) is 2. The van der Waals surface area contributed by atoms with E-state index in [1.807, 2.05) is 24.4 Å². The Bertz CT molecular complexity index is 891. The lowest BCUT2D eigenvalue weighted by Crippen LogP contribution is -2.13. The molecule has 2 aromatic heterocycles. The number of H-pyrrole nitrogens is 1. The zero-order valence-electron chi connectivity index (χ0n) is 14.7. The van der Waals surface area contributed by atoms with E-state index >= 15 is 0 Å². The molecule has 6 heteroatoms. The lowest BCUT2D eigenvalue weighted by Gasteiger charge is -2.12. The number of benzene rings is 1. The van der Waals surface area contributed by atoms with Crippen LogP contribution in [0.5, 0.6) is 0 Å². The van der Waals surface area contributed by atoms with Crippen LogP contribution in [0.3, 0.4) is 0 Å². The Hall–Kier alpha value is -2.73. The van der Waals surface area contributed by atoms with Gasteiger partial charge in [0.2, 0.25) is 0 Å². The van der Waals surface area contributed by atoms with E-state index in [4.69, 9.17) is 0 Å². The number of aromatic amines is 1. The molecule has 5 nitrogen and oxygen atoms in total. The minimum atomic E-state index is -0.226. The Morgan fingerprint density at radius 3 is 3.04 bits per heavy atom. The Morgan fingerprint density at radius 2 is 2.23 bits per heavy atom. The molecule has 1 atom stereocenters. The molecule has 2 N–H and O–H groups in total. The maximum atomic E-state index is 13.3. The number of nitrogens with one attached hydrogen (secondary N) is 2. The molecule has 1 unspecified atom stereocenters. The number of halogens is 1. The van der Waals surface area contributed by atoms with Gasteiger partial charge in [-0.05, 0) is 55.4 Å². The number of likely N-dealkylation sites (N-methyl/N-ethyl adjacent to an activating group) is 1. The van der Waals surface area contributed by atoms with Crippen molar-refractivity contribution in [1.29, 1.82) is 0 Å². The van der Waals surface area contributed by atoms with E-state index < -0.39 is 0 Å². The van der Waals surface area contributed by atoms with Gasteiger partial charge in [0.1, 0.15) is 11.6 Å². The molecule has 3 heterocycles. The van der Waals surface area contributed by atoms with Crippen molar-refractivity contribution in [2.45, 2.75) is 18.9 Å². The van der Waals surface area contributed by atoms with E-state index in [9.17, 15) is 4.39 Å². The number of anilines is 1. The minimum absolute atomic E-state index is 0.226. The Balaban J connectivity index is 1.52. The summed E-state index contributed by atoms with van der Waals surface area (Å²) < 4.78 is 13.3. The Labute approximate surface area is 152 Å². The van der Waals surface area contributed by atoms with E-state index in [-0.39, 0.29) is 5.82 Å².